The van der Waals surface area contributed by atoms with Crippen molar-refractivity contribution in [2.75, 3.05) is 11.4 Å². The number of benzene rings is 1. The number of fused-ring (bicyclic) bond motifs is 1. The molecule has 1 aromatic heterocycles. The highest BCUT2D eigenvalue weighted by Crippen LogP contribution is 2.36. The molecule has 0 aliphatic carbocycles. The Morgan fingerprint density at radius 3 is 2.76 bits per heavy atom. The average Bonchev–Trinajstić information content (AvgIpc) is 2.97. The average molecular weight is 365 g/mol. The Morgan fingerprint density at radius 1 is 1.43 bits per heavy atom. The van der Waals surface area contributed by atoms with Gasteiger partial charge in [-0.2, -0.15) is 0 Å². The van der Waals surface area contributed by atoms with E-state index in [0.717, 1.165) is 15.8 Å². The van der Waals surface area contributed by atoms with Crippen molar-refractivity contribution in [2.45, 2.75) is 18.6 Å². The fraction of sp³-hybridized carbons (Fsp3) is 0.333. The van der Waals surface area contributed by atoms with Crippen LogP contribution in [-0.2, 0) is 13.8 Å². The number of hydrogen-bond donors (Lipinski definition) is 0. The van der Waals surface area contributed by atoms with Gasteiger partial charge in [-0.1, -0.05) is 22.9 Å². The van der Waals surface area contributed by atoms with Gasteiger partial charge in [-0.15, -0.1) is 0 Å². The zero-order valence-electron chi connectivity index (χ0n) is 10.8. The van der Waals surface area contributed by atoms with Crippen molar-refractivity contribution in [2.24, 2.45) is 0 Å². The zero-order valence-corrected chi connectivity index (χ0v) is 14.0. The van der Waals surface area contributed by atoms with E-state index in [2.05, 4.69) is 4.98 Å². The number of thiazole rings is 1. The number of halogens is 2. The number of anilines is 1. The molecule has 2 heterocycles. The van der Waals surface area contributed by atoms with Crippen molar-refractivity contribution in [3.8, 4) is 0 Å². The van der Waals surface area contributed by atoms with E-state index in [9.17, 15) is 13.2 Å². The number of aromatic nitrogens is 1. The summed E-state index contributed by atoms with van der Waals surface area (Å²) in [5, 5.41) is 0.194. The van der Waals surface area contributed by atoms with Gasteiger partial charge in [0.1, 0.15) is 5.25 Å². The standard InChI is InChI=1S/C12H10Cl2N2O3S2/c1-6-8(13)2-3-9-11(6)15-12(20-9)16-5-7(4-10(16)17)21(14,18)19/h2-3,7H,4-5H2,1H3. The van der Waals surface area contributed by atoms with Crippen LogP contribution < -0.4 is 4.90 Å². The molecule has 0 saturated carbocycles. The molecule has 1 aromatic carbocycles. The first kappa shape index (κ1) is 15.0. The summed E-state index contributed by atoms with van der Waals surface area (Å²) in [6.45, 7) is 1.89. The van der Waals surface area contributed by atoms with E-state index < -0.39 is 14.3 Å². The molecule has 1 saturated heterocycles. The van der Waals surface area contributed by atoms with Gasteiger partial charge in [-0.25, -0.2) is 13.4 Å². The predicted octanol–water partition coefficient (Wildman–Crippen LogP) is 2.93. The molecule has 3 rings (SSSR count). The lowest BCUT2D eigenvalue weighted by molar-refractivity contribution is -0.117. The van der Waals surface area contributed by atoms with Crippen molar-refractivity contribution in [1.29, 1.82) is 0 Å². The highest BCUT2D eigenvalue weighted by molar-refractivity contribution is 8.14. The molecule has 9 heteroatoms. The van der Waals surface area contributed by atoms with Gasteiger partial charge in [0.2, 0.25) is 15.0 Å². The minimum absolute atomic E-state index is 0.0390. The lowest BCUT2D eigenvalue weighted by Crippen LogP contribution is -2.26. The van der Waals surface area contributed by atoms with E-state index in [4.69, 9.17) is 22.3 Å². The molecule has 112 valence electrons. The predicted molar refractivity (Wildman–Crippen MR) is 84.9 cm³/mol. The monoisotopic (exact) mass is 364 g/mol. The molecule has 21 heavy (non-hydrogen) atoms. The van der Waals surface area contributed by atoms with E-state index in [1.165, 1.54) is 16.2 Å². The van der Waals surface area contributed by atoms with Gasteiger partial charge < -0.3 is 0 Å². The number of aryl methyl sites for hydroxylation is 1. The van der Waals surface area contributed by atoms with Gasteiger partial charge in [-0.3, -0.25) is 9.69 Å². The smallest absolute Gasteiger partial charge is 0.237 e. The second kappa shape index (κ2) is 5.08. The van der Waals surface area contributed by atoms with Crippen LogP contribution in [0.3, 0.4) is 0 Å². The summed E-state index contributed by atoms with van der Waals surface area (Å²) in [4.78, 5) is 17.8. The lowest BCUT2D eigenvalue weighted by Gasteiger charge is -2.11. The molecule has 0 N–H and O–H groups in total. The Hall–Kier alpha value is -0.890. The Bertz CT molecular complexity index is 848. The molecule has 0 radical (unpaired) electrons. The third-order valence-electron chi connectivity index (χ3n) is 3.46. The fourth-order valence-electron chi connectivity index (χ4n) is 2.25. The van der Waals surface area contributed by atoms with Crippen molar-refractivity contribution in [3.05, 3.63) is 22.7 Å². The minimum Gasteiger partial charge on any atom is -0.287 e. The minimum atomic E-state index is -3.76. The number of carbonyl (C=O) groups is 1. The van der Waals surface area contributed by atoms with E-state index in [-0.39, 0.29) is 18.9 Å². The van der Waals surface area contributed by atoms with Crippen LogP contribution in [-0.4, -0.2) is 31.1 Å². The second-order valence-electron chi connectivity index (χ2n) is 4.82. The highest BCUT2D eigenvalue weighted by Gasteiger charge is 2.39. The van der Waals surface area contributed by atoms with Crippen LogP contribution in [0.2, 0.25) is 5.02 Å². The number of amides is 1. The third kappa shape index (κ3) is 2.63. The van der Waals surface area contributed by atoms with E-state index in [0.29, 0.717) is 10.2 Å². The Labute approximate surface area is 134 Å². The summed E-state index contributed by atoms with van der Waals surface area (Å²) in [6, 6.07) is 3.61. The van der Waals surface area contributed by atoms with Crippen LogP contribution in [0.5, 0.6) is 0 Å². The largest absolute Gasteiger partial charge is 0.287 e. The molecule has 1 aliphatic rings. The maximum atomic E-state index is 12.0. The maximum Gasteiger partial charge on any atom is 0.237 e. The van der Waals surface area contributed by atoms with Gasteiger partial charge in [-0.05, 0) is 24.6 Å². The molecular weight excluding hydrogens is 355 g/mol. The Balaban J connectivity index is 2.02. The first-order valence-electron chi connectivity index (χ1n) is 6.07. The molecule has 0 bridgehead atoms. The van der Waals surface area contributed by atoms with Crippen molar-refractivity contribution in [1.82, 2.24) is 4.98 Å². The van der Waals surface area contributed by atoms with E-state index in [1.54, 1.807) is 6.07 Å². The Morgan fingerprint density at radius 2 is 2.14 bits per heavy atom. The second-order valence-corrected chi connectivity index (χ2v) is 9.15. The molecule has 1 amide bonds. The van der Waals surface area contributed by atoms with Gasteiger partial charge in [0.25, 0.3) is 0 Å². The van der Waals surface area contributed by atoms with Gasteiger partial charge in [0, 0.05) is 28.7 Å². The summed E-state index contributed by atoms with van der Waals surface area (Å²) in [6.07, 6.45) is -0.110. The summed E-state index contributed by atoms with van der Waals surface area (Å²) in [5.41, 5.74) is 1.57. The molecule has 2 aromatic rings. The van der Waals surface area contributed by atoms with Crippen LogP contribution in [0.4, 0.5) is 5.13 Å². The van der Waals surface area contributed by atoms with Crippen LogP contribution in [0.25, 0.3) is 10.2 Å². The molecule has 1 atom stereocenters. The maximum absolute atomic E-state index is 12.0. The SMILES string of the molecule is Cc1c(Cl)ccc2sc(N3CC(S(=O)(=O)Cl)CC3=O)nc12. The molecule has 5 nitrogen and oxygen atoms in total. The molecule has 1 fully saturated rings. The molecule has 1 aliphatic heterocycles. The van der Waals surface area contributed by atoms with Gasteiger partial charge >= 0.3 is 0 Å². The fourth-order valence-corrected chi connectivity index (χ4v) is 4.48. The van der Waals surface area contributed by atoms with Crippen molar-refractivity contribution >= 4 is 63.9 Å². The van der Waals surface area contributed by atoms with E-state index >= 15 is 0 Å². The summed E-state index contributed by atoms with van der Waals surface area (Å²) in [7, 11) is 1.59. The topological polar surface area (TPSA) is 67.3 Å². The summed E-state index contributed by atoms with van der Waals surface area (Å²) in [5.74, 6) is -0.285. The highest BCUT2D eigenvalue weighted by atomic mass is 35.7. The first-order chi connectivity index (χ1) is 9.77. The van der Waals surface area contributed by atoms with E-state index in [1.807, 2.05) is 13.0 Å². The van der Waals surface area contributed by atoms with Crippen LogP contribution in [0.15, 0.2) is 12.1 Å². The zero-order chi connectivity index (χ0) is 15.4. The molecule has 0 spiro atoms. The van der Waals surface area contributed by atoms with Crippen LogP contribution in [0.1, 0.15) is 12.0 Å². The quantitative estimate of drug-likeness (QED) is 0.768. The number of rotatable bonds is 2. The Kier molecular flexibility index (Phi) is 3.64. The number of carbonyl (C=O) groups excluding carboxylic acids is 1. The first-order valence-corrected chi connectivity index (χ1v) is 9.63. The lowest BCUT2D eigenvalue weighted by atomic mass is 10.2. The third-order valence-corrected chi connectivity index (χ3v) is 6.78. The van der Waals surface area contributed by atoms with Crippen molar-refractivity contribution < 1.29 is 13.2 Å². The number of nitrogens with zero attached hydrogens (tertiary/aromatic N) is 2. The molecule has 1 unspecified atom stereocenters. The van der Waals surface area contributed by atoms with Crippen molar-refractivity contribution in [3.63, 3.8) is 0 Å². The van der Waals surface area contributed by atoms with Crippen LogP contribution >= 0.6 is 33.6 Å². The van der Waals surface area contributed by atoms with Crippen LogP contribution in [0, 0.1) is 6.92 Å². The van der Waals surface area contributed by atoms with Gasteiger partial charge in [0.15, 0.2) is 5.13 Å². The molecular formula is C12H10Cl2N2O3S2. The summed E-state index contributed by atoms with van der Waals surface area (Å²) < 4.78 is 23.7. The summed E-state index contributed by atoms with van der Waals surface area (Å²) >= 11 is 7.39. The number of hydrogen-bond acceptors (Lipinski definition) is 5. The van der Waals surface area contributed by atoms with Gasteiger partial charge in [0.05, 0.1) is 10.2 Å². The normalized spacial score (nSPS) is 19.7.